The second-order valence-electron chi connectivity index (χ2n) is 3.00. The molecule has 1 aliphatic rings. The molecule has 0 radical (unpaired) electrons. The van der Waals surface area contributed by atoms with Crippen LogP contribution in [0.15, 0.2) is 11.6 Å². The molecule has 0 spiro atoms. The van der Waals surface area contributed by atoms with Crippen LogP contribution in [0.3, 0.4) is 0 Å². The molecule has 0 fully saturated rings. The van der Waals surface area contributed by atoms with E-state index in [-0.39, 0.29) is 0 Å². The van der Waals surface area contributed by atoms with Gasteiger partial charge in [-0.2, -0.15) is 0 Å². The molecule has 0 bridgehead atoms. The highest BCUT2D eigenvalue weighted by molar-refractivity contribution is 5.12. The van der Waals surface area contributed by atoms with Crippen LogP contribution < -0.4 is 0 Å². The molecule has 0 saturated carbocycles. The summed E-state index contributed by atoms with van der Waals surface area (Å²) in [5.74, 6) is 0.863. The molecule has 0 aromatic carbocycles. The highest BCUT2D eigenvalue weighted by atomic mass is 14.1. The molecule has 0 aliphatic heterocycles. The average molecular weight is 110 g/mol. The van der Waals surface area contributed by atoms with E-state index in [4.69, 9.17) is 0 Å². The van der Waals surface area contributed by atoms with Crippen LogP contribution in [-0.4, -0.2) is 0 Å². The van der Waals surface area contributed by atoms with Crippen LogP contribution in [0.1, 0.15) is 33.1 Å². The van der Waals surface area contributed by atoms with Crippen LogP contribution in [0, 0.1) is 5.92 Å². The van der Waals surface area contributed by atoms with Crippen LogP contribution >= 0.6 is 0 Å². The lowest BCUT2D eigenvalue weighted by atomic mass is 9.91. The predicted molar refractivity (Wildman–Crippen MR) is 36.8 cm³/mol. The Balaban J connectivity index is 2.19. The van der Waals surface area contributed by atoms with Gasteiger partial charge in [-0.1, -0.05) is 25.5 Å². The summed E-state index contributed by atoms with van der Waals surface area (Å²) in [7, 11) is 0. The Bertz CT molecular complexity index is 98.6. The van der Waals surface area contributed by atoms with Crippen molar-refractivity contribution in [2.75, 3.05) is 0 Å². The normalized spacial score (nSPS) is 18.1. The Kier molecular flexibility index (Phi) is 1.72. The molecule has 0 N–H and O–H groups in total. The Labute approximate surface area is 51.6 Å². The minimum atomic E-state index is 0.863. The maximum absolute atomic E-state index is 2.36. The Morgan fingerprint density at radius 2 is 2.25 bits per heavy atom. The van der Waals surface area contributed by atoms with Gasteiger partial charge in [-0.3, -0.25) is 0 Å². The highest BCUT2D eigenvalue weighted by Crippen LogP contribution is 2.24. The minimum absolute atomic E-state index is 0.863. The second kappa shape index (κ2) is 2.34. The van der Waals surface area contributed by atoms with Gasteiger partial charge in [0, 0.05) is 0 Å². The maximum atomic E-state index is 2.36. The molecule has 0 saturated heterocycles. The predicted octanol–water partition coefficient (Wildman–Crippen LogP) is 2.75. The summed E-state index contributed by atoms with van der Waals surface area (Å²) < 4.78 is 0. The fourth-order valence-corrected chi connectivity index (χ4v) is 1.06. The van der Waals surface area contributed by atoms with Crippen molar-refractivity contribution in [3.8, 4) is 0 Å². The Hall–Kier alpha value is -0.260. The van der Waals surface area contributed by atoms with E-state index in [2.05, 4.69) is 19.9 Å². The largest absolute Gasteiger partial charge is 0.0850 e. The Morgan fingerprint density at radius 3 is 2.38 bits per heavy atom. The summed E-state index contributed by atoms with van der Waals surface area (Å²) in [5, 5.41) is 0. The van der Waals surface area contributed by atoms with E-state index in [1.165, 1.54) is 19.3 Å². The summed E-state index contributed by atoms with van der Waals surface area (Å²) >= 11 is 0. The zero-order chi connectivity index (χ0) is 5.98. The van der Waals surface area contributed by atoms with Gasteiger partial charge >= 0.3 is 0 Å². The molecule has 8 heavy (non-hydrogen) atoms. The van der Waals surface area contributed by atoms with Crippen molar-refractivity contribution in [3.05, 3.63) is 11.6 Å². The van der Waals surface area contributed by atoms with Gasteiger partial charge in [0.2, 0.25) is 0 Å². The minimum Gasteiger partial charge on any atom is -0.0850 e. The van der Waals surface area contributed by atoms with Crippen molar-refractivity contribution in [1.82, 2.24) is 0 Å². The molecule has 0 aromatic rings. The van der Waals surface area contributed by atoms with Crippen molar-refractivity contribution in [2.24, 2.45) is 5.92 Å². The first-order valence-corrected chi connectivity index (χ1v) is 3.47. The third kappa shape index (κ3) is 1.36. The van der Waals surface area contributed by atoms with E-state index in [1.807, 2.05) is 0 Å². The molecule has 0 heteroatoms. The summed E-state index contributed by atoms with van der Waals surface area (Å²) in [4.78, 5) is 0. The van der Waals surface area contributed by atoms with Crippen LogP contribution in [0.4, 0.5) is 0 Å². The molecule has 1 rings (SSSR count). The maximum Gasteiger partial charge on any atom is -0.0285 e. The van der Waals surface area contributed by atoms with Crippen molar-refractivity contribution in [3.63, 3.8) is 0 Å². The summed E-state index contributed by atoms with van der Waals surface area (Å²) in [6.07, 6.45) is 6.40. The van der Waals surface area contributed by atoms with Crippen LogP contribution in [-0.2, 0) is 0 Å². The zero-order valence-electron chi connectivity index (χ0n) is 5.78. The van der Waals surface area contributed by atoms with Gasteiger partial charge in [-0.15, -0.1) is 0 Å². The Morgan fingerprint density at radius 1 is 1.62 bits per heavy atom. The molecule has 0 unspecified atom stereocenters. The van der Waals surface area contributed by atoms with Gasteiger partial charge in [0.1, 0.15) is 0 Å². The van der Waals surface area contributed by atoms with Crippen LogP contribution in [0.25, 0.3) is 0 Å². The second-order valence-corrected chi connectivity index (χ2v) is 3.00. The molecular formula is C8H14. The number of hydrogen-bond donors (Lipinski definition) is 0. The van der Waals surface area contributed by atoms with E-state index in [1.54, 1.807) is 5.57 Å². The van der Waals surface area contributed by atoms with Gasteiger partial charge in [0.25, 0.3) is 0 Å². The molecule has 1 aliphatic carbocycles. The molecule has 0 nitrogen and oxygen atoms in total. The third-order valence-electron chi connectivity index (χ3n) is 1.57. The zero-order valence-corrected chi connectivity index (χ0v) is 5.78. The summed E-state index contributed by atoms with van der Waals surface area (Å²) in [6, 6.07) is 0. The molecular weight excluding hydrogens is 96.1 g/mol. The van der Waals surface area contributed by atoms with Gasteiger partial charge in [-0.25, -0.2) is 0 Å². The van der Waals surface area contributed by atoms with Crippen molar-refractivity contribution >= 4 is 0 Å². The highest BCUT2D eigenvalue weighted by Gasteiger charge is 2.05. The fourth-order valence-electron chi connectivity index (χ4n) is 1.06. The van der Waals surface area contributed by atoms with Crippen LogP contribution in [0.2, 0.25) is 0 Å². The standard InChI is InChI=1S/C8H14/c1-7(2)6-8-4-3-5-8/h4,7H,3,5-6H2,1-2H3. The molecule has 0 amide bonds. The smallest absolute Gasteiger partial charge is 0.0285 e. The number of allylic oxidation sites excluding steroid dienone is 2. The van der Waals surface area contributed by atoms with Crippen molar-refractivity contribution < 1.29 is 0 Å². The summed E-state index contributed by atoms with van der Waals surface area (Å²) in [6.45, 7) is 4.55. The average Bonchev–Trinajstić information content (AvgIpc) is 1.55. The topological polar surface area (TPSA) is 0 Å². The third-order valence-corrected chi connectivity index (χ3v) is 1.57. The molecule has 0 aromatic heterocycles. The summed E-state index contributed by atoms with van der Waals surface area (Å²) in [5.41, 5.74) is 1.68. The van der Waals surface area contributed by atoms with Gasteiger partial charge in [0.05, 0.1) is 0 Å². The van der Waals surface area contributed by atoms with E-state index in [0.717, 1.165) is 5.92 Å². The SMILES string of the molecule is CC(C)CC1=CCC1. The van der Waals surface area contributed by atoms with Gasteiger partial charge in [0.15, 0.2) is 0 Å². The number of rotatable bonds is 2. The van der Waals surface area contributed by atoms with Crippen LogP contribution in [0.5, 0.6) is 0 Å². The van der Waals surface area contributed by atoms with Crippen molar-refractivity contribution in [1.29, 1.82) is 0 Å². The van der Waals surface area contributed by atoms with Gasteiger partial charge in [-0.05, 0) is 25.2 Å². The quantitative estimate of drug-likeness (QED) is 0.479. The monoisotopic (exact) mass is 110 g/mol. The number of hydrogen-bond acceptors (Lipinski definition) is 0. The molecule has 46 valence electrons. The van der Waals surface area contributed by atoms with E-state index in [9.17, 15) is 0 Å². The molecule has 0 atom stereocenters. The van der Waals surface area contributed by atoms with E-state index < -0.39 is 0 Å². The first kappa shape index (κ1) is 5.87. The van der Waals surface area contributed by atoms with Crippen molar-refractivity contribution in [2.45, 2.75) is 33.1 Å². The first-order chi connectivity index (χ1) is 3.79. The lowest BCUT2D eigenvalue weighted by molar-refractivity contribution is 0.605. The van der Waals surface area contributed by atoms with Gasteiger partial charge < -0.3 is 0 Å². The lowest BCUT2D eigenvalue weighted by Gasteiger charge is -2.15. The first-order valence-electron chi connectivity index (χ1n) is 3.47. The van der Waals surface area contributed by atoms with E-state index in [0.29, 0.717) is 0 Å². The molecule has 0 heterocycles. The van der Waals surface area contributed by atoms with E-state index >= 15 is 0 Å². The lowest BCUT2D eigenvalue weighted by Crippen LogP contribution is -1.97. The fraction of sp³-hybridized carbons (Fsp3) is 0.750.